The van der Waals surface area contributed by atoms with Gasteiger partial charge in [-0.15, -0.1) is 24.0 Å². The molecule has 1 aromatic carbocycles. The van der Waals surface area contributed by atoms with Gasteiger partial charge in [-0.1, -0.05) is 36.9 Å². The Kier molecular flexibility index (Phi) is 12.5. The van der Waals surface area contributed by atoms with Gasteiger partial charge in [0, 0.05) is 37.5 Å². The number of aryl methyl sites for hydroxylation is 1. The number of rotatable bonds is 11. The third kappa shape index (κ3) is 9.17. The molecule has 0 unspecified atom stereocenters. The number of hydrogen-bond acceptors (Lipinski definition) is 3. The molecule has 7 heteroatoms. The second kappa shape index (κ2) is 14.7. The van der Waals surface area contributed by atoms with Gasteiger partial charge in [-0.2, -0.15) is 0 Å². The number of halogens is 1. The highest BCUT2D eigenvalue weighted by molar-refractivity contribution is 14.0. The van der Waals surface area contributed by atoms with Gasteiger partial charge in [-0.3, -0.25) is 4.79 Å². The molecule has 0 aliphatic rings. The summed E-state index contributed by atoms with van der Waals surface area (Å²) >= 11 is 0. The van der Waals surface area contributed by atoms with E-state index in [1.54, 1.807) is 22.8 Å². The summed E-state index contributed by atoms with van der Waals surface area (Å²) in [6.07, 6.45) is 5.43. The van der Waals surface area contributed by atoms with Crippen molar-refractivity contribution in [3.8, 4) is 5.75 Å². The van der Waals surface area contributed by atoms with E-state index in [0.717, 1.165) is 49.7 Å². The molecule has 0 atom stereocenters. The predicted octanol–water partition coefficient (Wildman–Crippen LogP) is 3.57. The van der Waals surface area contributed by atoms with Crippen molar-refractivity contribution in [3.63, 3.8) is 0 Å². The molecular formula is C22H31IN4O2. The molecule has 0 aliphatic heterocycles. The number of aliphatic imine (C=N–C) groups is 1. The Morgan fingerprint density at radius 3 is 2.72 bits per heavy atom. The first kappa shape index (κ1) is 24.7. The maximum Gasteiger partial charge on any atom is 0.250 e. The van der Waals surface area contributed by atoms with Crippen LogP contribution >= 0.6 is 24.0 Å². The molecule has 2 N–H and O–H groups in total. The summed E-state index contributed by atoms with van der Waals surface area (Å²) in [6.45, 7) is 9.04. The van der Waals surface area contributed by atoms with E-state index in [2.05, 4.69) is 22.2 Å². The van der Waals surface area contributed by atoms with Crippen molar-refractivity contribution in [2.75, 3.05) is 19.7 Å². The summed E-state index contributed by atoms with van der Waals surface area (Å²) in [6, 6.07) is 13.1. The van der Waals surface area contributed by atoms with Crippen LogP contribution in [-0.2, 0) is 13.1 Å². The number of para-hydroxylation sites is 1. The van der Waals surface area contributed by atoms with Crippen molar-refractivity contribution < 1.29 is 4.74 Å². The van der Waals surface area contributed by atoms with Gasteiger partial charge in [-0.05, 0) is 31.9 Å². The smallest absolute Gasteiger partial charge is 0.250 e. The highest BCUT2D eigenvalue weighted by Crippen LogP contribution is 2.18. The van der Waals surface area contributed by atoms with E-state index in [1.165, 1.54) is 0 Å². The monoisotopic (exact) mass is 510 g/mol. The molecule has 0 saturated carbocycles. The maximum atomic E-state index is 11.7. The average molecular weight is 510 g/mol. The van der Waals surface area contributed by atoms with Gasteiger partial charge in [0.15, 0.2) is 5.96 Å². The zero-order chi connectivity index (χ0) is 20.0. The summed E-state index contributed by atoms with van der Waals surface area (Å²) in [5.41, 5.74) is 1.08. The topological polar surface area (TPSA) is 67.7 Å². The molecule has 0 radical (unpaired) electrons. The van der Waals surface area contributed by atoms with Crippen LogP contribution in [0.1, 0.15) is 25.3 Å². The van der Waals surface area contributed by atoms with Gasteiger partial charge >= 0.3 is 0 Å². The minimum Gasteiger partial charge on any atom is -0.489 e. The molecule has 29 heavy (non-hydrogen) atoms. The van der Waals surface area contributed by atoms with Crippen LogP contribution in [0.25, 0.3) is 0 Å². The highest BCUT2D eigenvalue weighted by atomic mass is 127. The Morgan fingerprint density at radius 2 is 1.97 bits per heavy atom. The minimum absolute atomic E-state index is 0. The first-order valence-corrected chi connectivity index (χ1v) is 9.74. The molecule has 0 amide bonds. The van der Waals surface area contributed by atoms with E-state index in [0.29, 0.717) is 13.2 Å². The van der Waals surface area contributed by atoms with Gasteiger partial charge in [0.05, 0.1) is 6.54 Å². The van der Waals surface area contributed by atoms with Gasteiger partial charge in [0.1, 0.15) is 12.4 Å². The Bertz CT molecular complexity index is 820. The van der Waals surface area contributed by atoms with Crippen molar-refractivity contribution in [3.05, 3.63) is 77.2 Å². The first-order valence-electron chi connectivity index (χ1n) is 9.74. The SMILES string of the molecule is C=CCOc1ccccc1CN=C(NCC)NCCCCn1ccccc1=O.I. The van der Waals surface area contributed by atoms with Gasteiger partial charge in [0.25, 0.3) is 0 Å². The fraction of sp³-hybridized carbons (Fsp3) is 0.364. The number of hydrogen-bond donors (Lipinski definition) is 2. The third-order valence-corrected chi connectivity index (χ3v) is 4.10. The zero-order valence-electron chi connectivity index (χ0n) is 17.0. The van der Waals surface area contributed by atoms with E-state index in [-0.39, 0.29) is 29.5 Å². The van der Waals surface area contributed by atoms with E-state index in [4.69, 9.17) is 4.74 Å². The lowest BCUT2D eigenvalue weighted by molar-refractivity contribution is 0.359. The van der Waals surface area contributed by atoms with Crippen molar-refractivity contribution >= 4 is 29.9 Å². The fourth-order valence-corrected chi connectivity index (χ4v) is 2.69. The molecule has 0 fully saturated rings. The Hall–Kier alpha value is -2.29. The number of unbranched alkanes of at least 4 members (excludes halogenated alkanes) is 1. The second-order valence-electron chi connectivity index (χ2n) is 6.27. The standard InChI is InChI=1S/C22H30N4O2.HI/c1-3-17-28-20-12-6-5-11-19(20)18-25-22(23-4-2)24-14-8-10-16-26-15-9-7-13-21(26)27;/h3,5-7,9,11-13,15H,1,4,8,10,14,16-18H2,2H3,(H2,23,24,25);1H. The van der Waals surface area contributed by atoms with Crippen molar-refractivity contribution in [2.45, 2.75) is 32.9 Å². The van der Waals surface area contributed by atoms with Gasteiger partial charge < -0.3 is 19.9 Å². The quantitative estimate of drug-likeness (QED) is 0.160. The lowest BCUT2D eigenvalue weighted by atomic mass is 10.2. The summed E-state index contributed by atoms with van der Waals surface area (Å²) in [4.78, 5) is 16.3. The largest absolute Gasteiger partial charge is 0.489 e. The predicted molar refractivity (Wildman–Crippen MR) is 130 cm³/mol. The zero-order valence-corrected chi connectivity index (χ0v) is 19.3. The van der Waals surface area contributed by atoms with E-state index in [9.17, 15) is 4.79 Å². The maximum absolute atomic E-state index is 11.7. The van der Waals surface area contributed by atoms with Crippen molar-refractivity contribution in [1.29, 1.82) is 0 Å². The summed E-state index contributed by atoms with van der Waals surface area (Å²) in [5.74, 6) is 1.60. The first-order chi connectivity index (χ1) is 13.7. The second-order valence-corrected chi connectivity index (χ2v) is 6.27. The number of benzene rings is 1. The number of nitrogens with zero attached hydrogens (tertiary/aromatic N) is 2. The van der Waals surface area contributed by atoms with Crippen LogP contribution in [0, 0.1) is 0 Å². The van der Waals surface area contributed by atoms with Crippen LogP contribution < -0.4 is 20.9 Å². The molecule has 1 aromatic heterocycles. The molecule has 0 saturated heterocycles. The fourth-order valence-electron chi connectivity index (χ4n) is 2.69. The molecule has 2 aromatic rings. The van der Waals surface area contributed by atoms with Crippen LogP contribution in [0.5, 0.6) is 5.75 Å². The molecule has 1 heterocycles. The minimum atomic E-state index is 0. The summed E-state index contributed by atoms with van der Waals surface area (Å²) in [5, 5.41) is 6.61. The number of ether oxygens (including phenoxy) is 1. The number of nitrogens with one attached hydrogen (secondary N) is 2. The van der Waals surface area contributed by atoms with Crippen LogP contribution in [-0.4, -0.2) is 30.2 Å². The Balaban J connectivity index is 0.00000420. The average Bonchev–Trinajstić information content (AvgIpc) is 2.72. The number of guanidine groups is 1. The molecule has 0 bridgehead atoms. The van der Waals surface area contributed by atoms with Crippen LogP contribution in [0.15, 0.2) is 71.1 Å². The van der Waals surface area contributed by atoms with E-state index in [1.807, 2.05) is 43.5 Å². The van der Waals surface area contributed by atoms with Crippen molar-refractivity contribution in [1.82, 2.24) is 15.2 Å². The lowest BCUT2D eigenvalue weighted by Gasteiger charge is -2.13. The van der Waals surface area contributed by atoms with E-state index < -0.39 is 0 Å². The summed E-state index contributed by atoms with van der Waals surface area (Å²) < 4.78 is 7.42. The Labute approximate surface area is 190 Å². The van der Waals surface area contributed by atoms with Crippen LogP contribution in [0.4, 0.5) is 0 Å². The molecule has 0 aliphatic carbocycles. The third-order valence-electron chi connectivity index (χ3n) is 4.10. The highest BCUT2D eigenvalue weighted by Gasteiger charge is 2.03. The molecule has 0 spiro atoms. The van der Waals surface area contributed by atoms with E-state index >= 15 is 0 Å². The normalized spacial score (nSPS) is 10.7. The number of aromatic nitrogens is 1. The molecular weight excluding hydrogens is 479 g/mol. The Morgan fingerprint density at radius 1 is 1.17 bits per heavy atom. The van der Waals surface area contributed by atoms with Crippen LogP contribution in [0.2, 0.25) is 0 Å². The summed E-state index contributed by atoms with van der Waals surface area (Å²) in [7, 11) is 0. The molecule has 2 rings (SSSR count). The van der Waals surface area contributed by atoms with Crippen LogP contribution in [0.3, 0.4) is 0 Å². The van der Waals surface area contributed by atoms with Gasteiger partial charge in [-0.25, -0.2) is 4.99 Å². The molecule has 6 nitrogen and oxygen atoms in total. The number of pyridine rings is 1. The lowest BCUT2D eigenvalue weighted by Crippen LogP contribution is -2.37. The van der Waals surface area contributed by atoms with Gasteiger partial charge in [0.2, 0.25) is 5.56 Å². The van der Waals surface area contributed by atoms with Crippen molar-refractivity contribution in [2.24, 2.45) is 4.99 Å². The molecule has 158 valence electrons.